The zero-order chi connectivity index (χ0) is 11.8. The van der Waals surface area contributed by atoms with Gasteiger partial charge in [0.25, 0.3) is 0 Å². The maximum absolute atomic E-state index is 11.9. The van der Waals surface area contributed by atoms with E-state index < -0.39 is 10.2 Å². The van der Waals surface area contributed by atoms with Crippen LogP contribution in [0.1, 0.15) is 0 Å². The molecule has 0 aromatic heterocycles. The van der Waals surface area contributed by atoms with Crippen molar-refractivity contribution in [2.24, 2.45) is 0 Å². The van der Waals surface area contributed by atoms with Crippen molar-refractivity contribution < 1.29 is 13.2 Å². The second-order valence-corrected chi connectivity index (χ2v) is 5.54. The van der Waals surface area contributed by atoms with Gasteiger partial charge in [-0.05, 0) is 12.1 Å². The third kappa shape index (κ3) is 1.98. The van der Waals surface area contributed by atoms with Crippen molar-refractivity contribution >= 4 is 15.9 Å². The third-order valence-corrected chi connectivity index (χ3v) is 4.42. The van der Waals surface area contributed by atoms with Crippen LogP contribution in [-0.2, 0) is 10.2 Å². The molecule has 0 spiro atoms. The van der Waals surface area contributed by atoms with Crippen LogP contribution in [0.2, 0.25) is 0 Å². The quantitative estimate of drug-likeness (QED) is 0.730. The van der Waals surface area contributed by atoms with E-state index in [2.05, 4.69) is 0 Å². The molecule has 0 unspecified atom stereocenters. The molecule has 0 bridgehead atoms. The van der Waals surface area contributed by atoms with Gasteiger partial charge in [0, 0.05) is 26.2 Å². The van der Waals surface area contributed by atoms with E-state index in [1.165, 1.54) is 8.61 Å². The molecule has 88 valence electrons. The lowest BCUT2D eigenvalue weighted by atomic mass is 10.3. The molecule has 1 heterocycles. The van der Waals surface area contributed by atoms with Crippen molar-refractivity contribution in [2.75, 3.05) is 31.6 Å². The minimum Gasteiger partial charge on any atom is -0.497 e. The van der Waals surface area contributed by atoms with E-state index in [0.717, 1.165) is 0 Å². The summed E-state index contributed by atoms with van der Waals surface area (Å²) in [7, 11) is -0.235. The van der Waals surface area contributed by atoms with Crippen LogP contribution in [0.5, 0.6) is 5.75 Å². The molecular formula is C10H14N2O3S. The van der Waals surface area contributed by atoms with Crippen LogP contribution in [0.3, 0.4) is 0 Å². The summed E-state index contributed by atoms with van der Waals surface area (Å²) in [5.74, 6) is 0.644. The van der Waals surface area contributed by atoms with Gasteiger partial charge in [-0.3, -0.25) is 4.31 Å². The first-order valence-electron chi connectivity index (χ1n) is 4.94. The summed E-state index contributed by atoms with van der Waals surface area (Å²) in [5, 5.41) is 0. The fourth-order valence-corrected chi connectivity index (χ4v) is 2.65. The van der Waals surface area contributed by atoms with Crippen LogP contribution in [-0.4, -0.2) is 40.0 Å². The highest BCUT2D eigenvalue weighted by Gasteiger charge is 2.35. The van der Waals surface area contributed by atoms with Crippen LogP contribution in [0, 0.1) is 0 Å². The fraction of sp³-hybridized carbons (Fsp3) is 0.400. The Labute approximate surface area is 95.4 Å². The molecule has 5 nitrogen and oxygen atoms in total. The Balaban J connectivity index is 2.29. The van der Waals surface area contributed by atoms with Gasteiger partial charge in [-0.2, -0.15) is 12.7 Å². The van der Waals surface area contributed by atoms with Gasteiger partial charge in [-0.1, -0.05) is 6.07 Å². The standard InChI is InChI=1S/C10H14N2O3S/c1-11(16(13,14)12-6-7-12)9-4-3-5-10(8-9)15-2/h3-5,8H,6-7H2,1-2H3. The Hall–Kier alpha value is -1.27. The minimum atomic E-state index is -3.33. The molecule has 1 aromatic carbocycles. The van der Waals surface area contributed by atoms with E-state index >= 15 is 0 Å². The first-order chi connectivity index (χ1) is 7.55. The highest BCUT2D eigenvalue weighted by molar-refractivity contribution is 7.90. The van der Waals surface area contributed by atoms with Crippen molar-refractivity contribution in [2.45, 2.75) is 0 Å². The average molecular weight is 242 g/mol. The number of hydrogen-bond donors (Lipinski definition) is 0. The Kier molecular flexibility index (Phi) is 2.77. The third-order valence-electron chi connectivity index (χ3n) is 2.50. The lowest BCUT2D eigenvalue weighted by Gasteiger charge is -2.19. The molecule has 16 heavy (non-hydrogen) atoms. The lowest BCUT2D eigenvalue weighted by Crippen LogP contribution is -2.32. The Morgan fingerprint density at radius 2 is 2.06 bits per heavy atom. The summed E-state index contributed by atoms with van der Waals surface area (Å²) in [4.78, 5) is 0. The lowest BCUT2D eigenvalue weighted by molar-refractivity contribution is 0.415. The van der Waals surface area contributed by atoms with E-state index in [1.54, 1.807) is 38.4 Å². The van der Waals surface area contributed by atoms with Crippen LogP contribution in [0.15, 0.2) is 24.3 Å². The normalized spacial score (nSPS) is 15.9. The Morgan fingerprint density at radius 3 is 2.62 bits per heavy atom. The predicted octanol–water partition coefficient (Wildman–Crippen LogP) is 0.692. The van der Waals surface area contributed by atoms with Crippen molar-refractivity contribution in [3.8, 4) is 5.75 Å². The van der Waals surface area contributed by atoms with Gasteiger partial charge in [-0.25, -0.2) is 0 Å². The van der Waals surface area contributed by atoms with Crippen LogP contribution in [0.25, 0.3) is 0 Å². The maximum Gasteiger partial charge on any atom is 0.303 e. The number of rotatable bonds is 4. The number of benzene rings is 1. The minimum absolute atomic E-state index is 0.603. The molecule has 0 radical (unpaired) electrons. The van der Waals surface area contributed by atoms with E-state index in [1.807, 2.05) is 0 Å². The molecule has 0 aliphatic carbocycles. The molecule has 1 aromatic rings. The first-order valence-corrected chi connectivity index (χ1v) is 6.33. The molecule has 1 aliphatic rings. The highest BCUT2D eigenvalue weighted by Crippen LogP contribution is 2.25. The molecule has 1 fully saturated rings. The smallest absolute Gasteiger partial charge is 0.303 e. The molecule has 0 atom stereocenters. The highest BCUT2D eigenvalue weighted by atomic mass is 32.2. The molecule has 2 rings (SSSR count). The predicted molar refractivity (Wildman–Crippen MR) is 61.9 cm³/mol. The molecular weight excluding hydrogens is 228 g/mol. The van der Waals surface area contributed by atoms with E-state index in [9.17, 15) is 8.42 Å². The summed E-state index contributed by atoms with van der Waals surface area (Å²) in [6.45, 7) is 1.22. The number of hydrogen-bond acceptors (Lipinski definition) is 3. The topological polar surface area (TPSA) is 49.6 Å². The van der Waals surface area contributed by atoms with Gasteiger partial charge in [0.1, 0.15) is 5.75 Å². The second-order valence-electron chi connectivity index (χ2n) is 3.58. The van der Waals surface area contributed by atoms with Crippen molar-refractivity contribution in [3.63, 3.8) is 0 Å². The summed E-state index contributed by atoms with van der Waals surface area (Å²) in [6, 6.07) is 6.98. The van der Waals surface area contributed by atoms with Crippen LogP contribution >= 0.6 is 0 Å². The summed E-state index contributed by atoms with van der Waals surface area (Å²) in [6.07, 6.45) is 0. The Morgan fingerprint density at radius 1 is 1.38 bits per heavy atom. The van der Waals surface area contributed by atoms with Crippen LogP contribution in [0.4, 0.5) is 5.69 Å². The van der Waals surface area contributed by atoms with E-state index in [4.69, 9.17) is 4.74 Å². The monoisotopic (exact) mass is 242 g/mol. The van der Waals surface area contributed by atoms with E-state index in [-0.39, 0.29) is 0 Å². The first kappa shape index (κ1) is 11.2. The zero-order valence-electron chi connectivity index (χ0n) is 9.25. The van der Waals surface area contributed by atoms with E-state index in [0.29, 0.717) is 24.5 Å². The molecule has 0 saturated carbocycles. The average Bonchev–Trinajstić information content (AvgIpc) is 3.12. The molecule has 1 saturated heterocycles. The number of nitrogens with zero attached hydrogens (tertiary/aromatic N) is 2. The van der Waals surface area contributed by atoms with Crippen LogP contribution < -0.4 is 9.04 Å². The summed E-state index contributed by atoms with van der Waals surface area (Å²) in [5.41, 5.74) is 0.603. The van der Waals surface area contributed by atoms with Crippen molar-refractivity contribution in [1.82, 2.24) is 4.31 Å². The second kappa shape index (κ2) is 3.95. The largest absolute Gasteiger partial charge is 0.497 e. The maximum atomic E-state index is 11.9. The number of anilines is 1. The van der Waals surface area contributed by atoms with Gasteiger partial charge in [0.05, 0.1) is 12.8 Å². The fourth-order valence-electron chi connectivity index (χ4n) is 1.38. The van der Waals surface area contributed by atoms with Gasteiger partial charge in [0.15, 0.2) is 0 Å². The van der Waals surface area contributed by atoms with Crippen molar-refractivity contribution in [3.05, 3.63) is 24.3 Å². The molecule has 0 amide bonds. The number of methoxy groups -OCH3 is 1. The van der Waals surface area contributed by atoms with Crippen molar-refractivity contribution in [1.29, 1.82) is 0 Å². The zero-order valence-corrected chi connectivity index (χ0v) is 10.1. The van der Waals surface area contributed by atoms with Gasteiger partial charge in [-0.15, -0.1) is 0 Å². The Bertz CT molecular complexity index is 483. The molecule has 0 N–H and O–H groups in total. The molecule has 6 heteroatoms. The van der Waals surface area contributed by atoms with Gasteiger partial charge >= 0.3 is 10.2 Å². The number of ether oxygens (including phenoxy) is 1. The summed E-state index contributed by atoms with van der Waals surface area (Å²) >= 11 is 0. The SMILES string of the molecule is COc1cccc(N(C)S(=O)(=O)N2CC2)c1. The van der Waals surface area contributed by atoms with Gasteiger partial charge in [0.2, 0.25) is 0 Å². The van der Waals surface area contributed by atoms with Gasteiger partial charge < -0.3 is 4.74 Å². The molecule has 1 aliphatic heterocycles. The summed E-state index contributed by atoms with van der Waals surface area (Å²) < 4.78 is 31.5.